The minimum absolute atomic E-state index is 0.205. The second-order valence-electron chi connectivity index (χ2n) is 9.76. The van der Waals surface area contributed by atoms with Gasteiger partial charge in [-0.2, -0.15) is 0 Å². The van der Waals surface area contributed by atoms with E-state index in [0.29, 0.717) is 19.4 Å². The van der Waals surface area contributed by atoms with Crippen molar-refractivity contribution in [1.29, 1.82) is 5.41 Å². The standard InChI is InChI=1S/C27H34Cl3NO4Si/c1-5-18-32-24-17-16-22(35-25(31)27(28,29)30)23(34-24)19-33-36(26(2,3)4,20-12-8-6-9-13-20)21-14-10-7-11-15-21/h5-15,22-24,31H,1,16-19H2,2-4H3/t22-,23-,24+/m1/s1. The predicted octanol–water partition coefficient (Wildman–Crippen LogP) is 6.00. The molecule has 0 radical (unpaired) electrons. The normalized spacial score (nSPS) is 21.1. The van der Waals surface area contributed by atoms with E-state index in [1.54, 1.807) is 6.08 Å². The van der Waals surface area contributed by atoms with Gasteiger partial charge >= 0.3 is 0 Å². The predicted molar refractivity (Wildman–Crippen MR) is 151 cm³/mol. The maximum absolute atomic E-state index is 8.10. The molecule has 1 aliphatic rings. The zero-order valence-electron chi connectivity index (χ0n) is 20.9. The van der Waals surface area contributed by atoms with Crippen molar-refractivity contribution in [3.05, 3.63) is 73.3 Å². The van der Waals surface area contributed by atoms with Crippen molar-refractivity contribution in [2.24, 2.45) is 0 Å². The first-order valence-corrected chi connectivity index (χ1v) is 15.0. The van der Waals surface area contributed by atoms with Gasteiger partial charge in [0.05, 0.1) is 13.2 Å². The van der Waals surface area contributed by atoms with Crippen molar-refractivity contribution in [2.45, 2.75) is 60.9 Å². The molecule has 3 atom stereocenters. The fourth-order valence-electron chi connectivity index (χ4n) is 4.60. The Bertz CT molecular complexity index is 956. The van der Waals surface area contributed by atoms with Gasteiger partial charge in [0.15, 0.2) is 6.29 Å². The van der Waals surface area contributed by atoms with E-state index in [9.17, 15) is 0 Å². The average Bonchev–Trinajstić information content (AvgIpc) is 2.84. The van der Waals surface area contributed by atoms with Gasteiger partial charge < -0.3 is 18.6 Å². The first-order chi connectivity index (χ1) is 17.0. The van der Waals surface area contributed by atoms with Crippen LogP contribution in [0, 0.1) is 5.41 Å². The molecule has 0 aromatic heterocycles. The first-order valence-electron chi connectivity index (χ1n) is 11.9. The van der Waals surface area contributed by atoms with Crippen molar-refractivity contribution in [2.75, 3.05) is 13.2 Å². The van der Waals surface area contributed by atoms with Crippen LogP contribution in [0.15, 0.2) is 73.3 Å². The van der Waals surface area contributed by atoms with Crippen LogP contribution in [0.4, 0.5) is 0 Å². The number of nitrogens with one attached hydrogen (secondary N) is 1. The highest BCUT2D eigenvalue weighted by atomic mass is 35.6. The van der Waals surface area contributed by atoms with Crippen LogP contribution in [0.5, 0.6) is 0 Å². The van der Waals surface area contributed by atoms with Crippen molar-refractivity contribution in [1.82, 2.24) is 0 Å². The Morgan fingerprint density at radius 1 is 1.03 bits per heavy atom. The Balaban J connectivity index is 1.96. The second kappa shape index (κ2) is 12.4. The molecule has 196 valence electrons. The fraction of sp³-hybridized carbons (Fsp3) is 0.444. The van der Waals surface area contributed by atoms with Gasteiger partial charge in [-0.3, -0.25) is 5.41 Å². The summed E-state index contributed by atoms with van der Waals surface area (Å²) in [6.45, 7) is 10.9. The van der Waals surface area contributed by atoms with E-state index in [2.05, 4.69) is 51.6 Å². The molecule has 3 rings (SSSR count). The molecule has 5 nitrogen and oxygen atoms in total. The van der Waals surface area contributed by atoms with Crippen LogP contribution in [-0.4, -0.2) is 49.7 Å². The Hall–Kier alpha value is -1.38. The van der Waals surface area contributed by atoms with Gasteiger partial charge in [-0.15, -0.1) is 6.58 Å². The average molecular weight is 571 g/mol. The van der Waals surface area contributed by atoms with Gasteiger partial charge in [0, 0.05) is 6.42 Å². The van der Waals surface area contributed by atoms with Crippen LogP contribution < -0.4 is 10.4 Å². The van der Waals surface area contributed by atoms with Crippen molar-refractivity contribution in [3.63, 3.8) is 0 Å². The highest BCUT2D eigenvalue weighted by Crippen LogP contribution is 2.38. The van der Waals surface area contributed by atoms with Crippen LogP contribution in [0.3, 0.4) is 0 Å². The van der Waals surface area contributed by atoms with E-state index in [4.69, 9.17) is 58.8 Å². The molecular formula is C27H34Cl3NO4Si. The third-order valence-electron chi connectivity index (χ3n) is 6.24. The molecule has 36 heavy (non-hydrogen) atoms. The lowest BCUT2D eigenvalue weighted by atomic mass is 10.1. The van der Waals surface area contributed by atoms with E-state index in [0.717, 1.165) is 10.4 Å². The third-order valence-corrected chi connectivity index (χ3v) is 11.8. The number of hydrogen-bond acceptors (Lipinski definition) is 5. The molecular weight excluding hydrogens is 537 g/mol. The lowest BCUT2D eigenvalue weighted by Gasteiger charge is -2.45. The van der Waals surface area contributed by atoms with Crippen LogP contribution in [0.2, 0.25) is 5.04 Å². The van der Waals surface area contributed by atoms with Gasteiger partial charge in [0.1, 0.15) is 12.2 Å². The molecule has 1 aliphatic heterocycles. The van der Waals surface area contributed by atoms with Crippen LogP contribution in [0.1, 0.15) is 33.6 Å². The van der Waals surface area contributed by atoms with E-state index in [1.807, 2.05) is 36.4 Å². The summed E-state index contributed by atoms with van der Waals surface area (Å²) in [5.41, 5.74) is 0. The molecule has 0 spiro atoms. The smallest absolute Gasteiger partial charge is 0.265 e. The zero-order chi connectivity index (χ0) is 26.4. The summed E-state index contributed by atoms with van der Waals surface area (Å²) in [6.07, 6.45) is 1.29. The van der Waals surface area contributed by atoms with Crippen LogP contribution in [-0.2, 0) is 18.6 Å². The minimum atomic E-state index is -2.81. The van der Waals surface area contributed by atoms with Gasteiger partial charge in [-0.05, 0) is 21.8 Å². The van der Waals surface area contributed by atoms with Gasteiger partial charge in [0.2, 0.25) is 5.90 Å². The molecule has 0 amide bonds. The molecule has 0 saturated carbocycles. The topological polar surface area (TPSA) is 60.8 Å². The highest BCUT2D eigenvalue weighted by molar-refractivity contribution is 6.99. The first kappa shape index (κ1) is 29.2. The van der Waals surface area contributed by atoms with Crippen LogP contribution >= 0.6 is 34.8 Å². The lowest BCUT2D eigenvalue weighted by molar-refractivity contribution is -0.222. The molecule has 1 saturated heterocycles. The molecule has 0 aliphatic carbocycles. The lowest BCUT2D eigenvalue weighted by Crippen LogP contribution is -2.67. The maximum Gasteiger partial charge on any atom is 0.265 e. The van der Waals surface area contributed by atoms with Crippen molar-refractivity contribution >= 4 is 59.4 Å². The summed E-state index contributed by atoms with van der Waals surface area (Å²) in [4.78, 5) is 0. The second-order valence-corrected chi connectivity index (χ2v) is 16.3. The number of rotatable bonds is 9. The molecule has 0 unspecified atom stereocenters. The Labute approximate surface area is 230 Å². The number of ether oxygens (including phenoxy) is 3. The highest BCUT2D eigenvalue weighted by Gasteiger charge is 2.51. The summed E-state index contributed by atoms with van der Waals surface area (Å²) < 4.78 is 22.9. The molecule has 0 bridgehead atoms. The van der Waals surface area contributed by atoms with E-state index < -0.39 is 36.5 Å². The van der Waals surface area contributed by atoms with E-state index in [-0.39, 0.29) is 11.6 Å². The zero-order valence-corrected chi connectivity index (χ0v) is 24.2. The summed E-state index contributed by atoms with van der Waals surface area (Å²) in [5, 5.41) is 10.2. The van der Waals surface area contributed by atoms with Crippen LogP contribution in [0.25, 0.3) is 0 Å². The Kier molecular flexibility index (Phi) is 10.1. The SMILES string of the molecule is C=CCO[C@@H]1CC[C@@H](OC(=N)C(Cl)(Cl)Cl)[C@@H](CO[Si](c2ccccc2)(c2ccccc2)C(C)(C)C)O1. The summed E-state index contributed by atoms with van der Waals surface area (Å²) in [7, 11) is -2.81. The van der Waals surface area contributed by atoms with E-state index in [1.165, 1.54) is 0 Å². The Morgan fingerprint density at radius 3 is 2.06 bits per heavy atom. The molecule has 1 fully saturated rings. The molecule has 1 heterocycles. The van der Waals surface area contributed by atoms with Crippen molar-refractivity contribution < 1.29 is 18.6 Å². The van der Waals surface area contributed by atoms with Gasteiger partial charge in [-0.1, -0.05) is 122 Å². The molecule has 2 aromatic rings. The quantitative estimate of drug-likeness (QED) is 0.132. The number of halogens is 3. The van der Waals surface area contributed by atoms with Gasteiger partial charge in [-0.25, -0.2) is 0 Å². The van der Waals surface area contributed by atoms with E-state index >= 15 is 0 Å². The van der Waals surface area contributed by atoms with Gasteiger partial charge in [0.25, 0.3) is 12.1 Å². The molecule has 9 heteroatoms. The summed E-state index contributed by atoms with van der Waals surface area (Å²) in [5.74, 6) is -0.443. The summed E-state index contributed by atoms with van der Waals surface area (Å²) >= 11 is 17.7. The van der Waals surface area contributed by atoms with Crippen molar-refractivity contribution in [3.8, 4) is 0 Å². The third kappa shape index (κ3) is 6.92. The number of hydrogen-bond donors (Lipinski definition) is 1. The molecule has 1 N–H and O–H groups in total. The largest absolute Gasteiger partial charge is 0.472 e. The number of benzene rings is 2. The monoisotopic (exact) mass is 569 g/mol. The fourth-order valence-corrected chi connectivity index (χ4v) is 9.31. The molecule has 2 aromatic carbocycles. The summed E-state index contributed by atoms with van der Waals surface area (Å²) in [6, 6.07) is 20.7. The minimum Gasteiger partial charge on any atom is -0.472 e. The Morgan fingerprint density at radius 2 is 1.58 bits per heavy atom. The maximum atomic E-state index is 8.10. The number of alkyl halides is 3.